The van der Waals surface area contributed by atoms with Crippen molar-refractivity contribution in [1.82, 2.24) is 14.9 Å². The Morgan fingerprint density at radius 3 is 2.63 bits per heavy atom. The van der Waals surface area contributed by atoms with E-state index in [1.807, 2.05) is 62.4 Å². The van der Waals surface area contributed by atoms with E-state index in [2.05, 4.69) is 10.3 Å². The summed E-state index contributed by atoms with van der Waals surface area (Å²) in [4.78, 5) is 30.0. The van der Waals surface area contributed by atoms with Crippen molar-refractivity contribution in [2.45, 2.75) is 38.1 Å². The molecule has 30 heavy (non-hydrogen) atoms. The van der Waals surface area contributed by atoms with E-state index in [1.165, 1.54) is 11.8 Å². The Bertz CT molecular complexity index is 1030. The molecule has 0 fully saturated rings. The lowest BCUT2D eigenvalue weighted by Gasteiger charge is -2.13. The van der Waals surface area contributed by atoms with Gasteiger partial charge in [0.1, 0.15) is 0 Å². The third-order valence-corrected chi connectivity index (χ3v) is 5.41. The molecule has 3 aromatic rings. The number of thioether (sulfide) groups is 1. The first-order valence-electron chi connectivity index (χ1n) is 10.1. The second kappa shape index (κ2) is 10.9. The Labute approximate surface area is 180 Å². The molecule has 158 valence electrons. The minimum atomic E-state index is -0.0989. The third kappa shape index (κ3) is 6.18. The van der Waals surface area contributed by atoms with Crippen molar-refractivity contribution in [3.05, 3.63) is 70.5 Å². The van der Waals surface area contributed by atoms with Gasteiger partial charge in [0.05, 0.1) is 29.3 Å². The molecule has 0 spiro atoms. The van der Waals surface area contributed by atoms with Gasteiger partial charge in [0, 0.05) is 13.2 Å². The minimum Gasteiger partial charge on any atom is -0.379 e. The first-order valence-corrected chi connectivity index (χ1v) is 11.1. The molecule has 1 aromatic heterocycles. The van der Waals surface area contributed by atoms with Crippen LogP contribution in [0.25, 0.3) is 10.9 Å². The number of ether oxygens (including phenoxy) is 1. The van der Waals surface area contributed by atoms with Gasteiger partial charge in [0.25, 0.3) is 5.56 Å². The van der Waals surface area contributed by atoms with Crippen LogP contribution in [0.5, 0.6) is 0 Å². The highest BCUT2D eigenvalue weighted by Gasteiger charge is 2.13. The highest BCUT2D eigenvalue weighted by Crippen LogP contribution is 2.19. The number of nitrogens with one attached hydrogen (secondary N) is 1. The topological polar surface area (TPSA) is 73.2 Å². The molecule has 0 aliphatic rings. The molecule has 6 nitrogen and oxygen atoms in total. The monoisotopic (exact) mass is 425 g/mol. The highest BCUT2D eigenvalue weighted by molar-refractivity contribution is 7.99. The van der Waals surface area contributed by atoms with Gasteiger partial charge in [-0.15, -0.1) is 0 Å². The summed E-state index contributed by atoms with van der Waals surface area (Å²) in [5.41, 5.74) is 1.55. The maximum absolute atomic E-state index is 13.1. The quantitative estimate of drug-likeness (QED) is 0.306. The van der Waals surface area contributed by atoms with Crippen molar-refractivity contribution in [1.29, 1.82) is 0 Å². The number of para-hydroxylation sites is 1. The van der Waals surface area contributed by atoms with Gasteiger partial charge in [-0.25, -0.2) is 4.98 Å². The molecule has 1 heterocycles. The predicted octanol–water partition coefficient (Wildman–Crippen LogP) is 3.47. The van der Waals surface area contributed by atoms with Gasteiger partial charge in [-0.1, -0.05) is 54.2 Å². The number of nitrogens with zero attached hydrogens (tertiary/aromatic N) is 2. The average molecular weight is 426 g/mol. The first-order chi connectivity index (χ1) is 14.5. The molecule has 0 aliphatic heterocycles. The van der Waals surface area contributed by atoms with Gasteiger partial charge < -0.3 is 10.1 Å². The molecule has 0 unspecified atom stereocenters. The van der Waals surface area contributed by atoms with Crippen LogP contribution in [0.3, 0.4) is 0 Å². The van der Waals surface area contributed by atoms with E-state index >= 15 is 0 Å². The fraction of sp³-hybridized carbons (Fsp3) is 0.348. The zero-order chi connectivity index (χ0) is 21.3. The van der Waals surface area contributed by atoms with Gasteiger partial charge in [-0.2, -0.15) is 0 Å². The zero-order valence-electron chi connectivity index (χ0n) is 17.3. The van der Waals surface area contributed by atoms with Crippen LogP contribution in [0.2, 0.25) is 0 Å². The number of hydrogen-bond donors (Lipinski definition) is 1. The molecular formula is C23H27N3O3S. The molecule has 0 saturated carbocycles. The molecule has 0 aliphatic carbocycles. The average Bonchev–Trinajstić information content (AvgIpc) is 2.75. The van der Waals surface area contributed by atoms with E-state index in [-0.39, 0.29) is 23.3 Å². The number of aromatic nitrogens is 2. The number of rotatable bonds is 10. The molecule has 7 heteroatoms. The van der Waals surface area contributed by atoms with Crippen LogP contribution in [0.4, 0.5) is 0 Å². The SMILES string of the molecule is CC(C)OCCCNC(=O)CSc1nc2ccccc2c(=O)n1Cc1ccccc1. The summed E-state index contributed by atoms with van der Waals surface area (Å²) in [6.45, 7) is 5.57. The molecule has 0 atom stereocenters. The summed E-state index contributed by atoms with van der Waals surface area (Å²) in [7, 11) is 0. The Kier molecular flexibility index (Phi) is 8.04. The van der Waals surface area contributed by atoms with Crippen molar-refractivity contribution >= 4 is 28.6 Å². The Morgan fingerprint density at radius 1 is 1.13 bits per heavy atom. The van der Waals surface area contributed by atoms with Crippen LogP contribution in [-0.2, 0) is 16.1 Å². The number of carbonyl (C=O) groups excluding carboxylic acids is 1. The molecular weight excluding hydrogens is 398 g/mol. The van der Waals surface area contributed by atoms with Crippen LogP contribution in [0, 0.1) is 0 Å². The fourth-order valence-electron chi connectivity index (χ4n) is 2.96. The van der Waals surface area contributed by atoms with Crippen molar-refractivity contribution in [2.75, 3.05) is 18.9 Å². The van der Waals surface area contributed by atoms with Gasteiger partial charge in [0.15, 0.2) is 5.16 Å². The standard InChI is InChI=1S/C23H27N3O3S/c1-17(2)29-14-8-13-24-21(27)16-30-23-25-20-12-7-6-11-19(20)22(28)26(23)15-18-9-4-3-5-10-18/h3-7,9-12,17H,8,13-16H2,1-2H3,(H,24,27). The number of fused-ring (bicyclic) bond motifs is 1. The molecule has 0 saturated heterocycles. The van der Waals surface area contributed by atoms with E-state index in [1.54, 1.807) is 10.6 Å². The van der Waals surface area contributed by atoms with Crippen LogP contribution >= 0.6 is 11.8 Å². The lowest BCUT2D eigenvalue weighted by molar-refractivity contribution is -0.118. The summed E-state index contributed by atoms with van der Waals surface area (Å²) >= 11 is 1.28. The largest absolute Gasteiger partial charge is 0.379 e. The number of benzene rings is 2. The third-order valence-electron chi connectivity index (χ3n) is 4.44. The maximum atomic E-state index is 13.1. The van der Waals surface area contributed by atoms with E-state index in [4.69, 9.17) is 4.74 Å². The molecule has 1 N–H and O–H groups in total. The Morgan fingerprint density at radius 2 is 1.87 bits per heavy atom. The second-order valence-corrected chi connectivity index (χ2v) is 8.14. The van der Waals surface area contributed by atoms with Gasteiger partial charge >= 0.3 is 0 Å². The van der Waals surface area contributed by atoms with E-state index in [9.17, 15) is 9.59 Å². The van der Waals surface area contributed by atoms with Crippen molar-refractivity contribution in [3.63, 3.8) is 0 Å². The maximum Gasteiger partial charge on any atom is 0.262 e. The Balaban J connectivity index is 1.71. The fourth-order valence-corrected chi connectivity index (χ4v) is 3.79. The highest BCUT2D eigenvalue weighted by atomic mass is 32.2. The second-order valence-electron chi connectivity index (χ2n) is 7.20. The van der Waals surface area contributed by atoms with E-state index in [0.29, 0.717) is 35.8 Å². The zero-order valence-corrected chi connectivity index (χ0v) is 18.2. The lowest BCUT2D eigenvalue weighted by atomic mass is 10.2. The van der Waals surface area contributed by atoms with Crippen LogP contribution in [-0.4, -0.2) is 40.5 Å². The molecule has 3 rings (SSSR count). The number of carbonyl (C=O) groups is 1. The normalized spacial score (nSPS) is 11.2. The van der Waals surface area contributed by atoms with E-state index in [0.717, 1.165) is 12.0 Å². The molecule has 1 amide bonds. The predicted molar refractivity (Wildman–Crippen MR) is 121 cm³/mol. The number of amides is 1. The minimum absolute atomic E-state index is 0.0850. The van der Waals surface area contributed by atoms with E-state index < -0.39 is 0 Å². The van der Waals surface area contributed by atoms with Crippen LogP contribution < -0.4 is 10.9 Å². The molecule has 0 radical (unpaired) electrons. The summed E-state index contributed by atoms with van der Waals surface area (Å²) < 4.78 is 7.12. The smallest absolute Gasteiger partial charge is 0.262 e. The summed E-state index contributed by atoms with van der Waals surface area (Å²) in [6, 6.07) is 17.1. The van der Waals surface area contributed by atoms with Gasteiger partial charge in [-0.3, -0.25) is 14.2 Å². The van der Waals surface area contributed by atoms with Crippen molar-refractivity contribution in [3.8, 4) is 0 Å². The van der Waals surface area contributed by atoms with Crippen LogP contribution in [0.1, 0.15) is 25.8 Å². The first kappa shape index (κ1) is 22.1. The lowest BCUT2D eigenvalue weighted by Crippen LogP contribution is -2.28. The Hall–Kier alpha value is -2.64. The van der Waals surface area contributed by atoms with Gasteiger partial charge in [-0.05, 0) is 38.0 Å². The summed E-state index contributed by atoms with van der Waals surface area (Å²) in [5, 5.41) is 4.01. The van der Waals surface area contributed by atoms with Crippen molar-refractivity contribution < 1.29 is 9.53 Å². The molecule has 2 aromatic carbocycles. The molecule has 0 bridgehead atoms. The van der Waals surface area contributed by atoms with Crippen molar-refractivity contribution in [2.24, 2.45) is 0 Å². The number of hydrogen-bond acceptors (Lipinski definition) is 5. The summed E-state index contributed by atoms with van der Waals surface area (Å²) in [6.07, 6.45) is 0.957. The van der Waals surface area contributed by atoms with Crippen LogP contribution in [0.15, 0.2) is 64.5 Å². The van der Waals surface area contributed by atoms with Gasteiger partial charge in [0.2, 0.25) is 5.91 Å². The summed E-state index contributed by atoms with van der Waals surface area (Å²) in [5.74, 6) is 0.114.